The van der Waals surface area contributed by atoms with Crippen LogP contribution in [0, 0.1) is 0 Å². The largest absolute Gasteiger partial charge is 0.511 e. The summed E-state index contributed by atoms with van der Waals surface area (Å²) in [6.07, 6.45) is -1.39. The van der Waals surface area contributed by atoms with Crippen LogP contribution >= 0.6 is 0 Å². The third-order valence-corrected chi connectivity index (χ3v) is 1.21. The predicted octanol–water partition coefficient (Wildman–Crippen LogP) is 1.28. The van der Waals surface area contributed by atoms with Gasteiger partial charge < -0.3 is 14.6 Å². The first kappa shape index (κ1) is 9.05. The maximum absolute atomic E-state index is 10.1. The van der Waals surface area contributed by atoms with Gasteiger partial charge in [-0.05, 0) is 24.3 Å². The minimum absolute atomic E-state index is 0.172. The average molecular weight is 182 g/mol. The van der Waals surface area contributed by atoms with Crippen molar-refractivity contribution in [3.8, 4) is 11.5 Å². The summed E-state index contributed by atoms with van der Waals surface area (Å²) >= 11 is 0. The van der Waals surface area contributed by atoms with Crippen molar-refractivity contribution >= 4 is 12.6 Å². The molecule has 0 aliphatic rings. The molecule has 0 saturated heterocycles. The highest BCUT2D eigenvalue weighted by atomic mass is 16.7. The van der Waals surface area contributed by atoms with Gasteiger partial charge in [-0.3, -0.25) is 4.79 Å². The molecule has 0 aromatic heterocycles. The van der Waals surface area contributed by atoms with Crippen molar-refractivity contribution in [2.24, 2.45) is 0 Å². The van der Waals surface area contributed by atoms with Gasteiger partial charge in [0.15, 0.2) is 0 Å². The van der Waals surface area contributed by atoms with Crippen molar-refractivity contribution in [2.45, 2.75) is 0 Å². The zero-order chi connectivity index (χ0) is 9.68. The molecule has 0 saturated carbocycles. The molecule has 1 N–H and O–H groups in total. The Labute approximate surface area is 73.5 Å². The van der Waals surface area contributed by atoms with Gasteiger partial charge in [0.1, 0.15) is 11.5 Å². The van der Waals surface area contributed by atoms with E-state index in [1.54, 1.807) is 0 Å². The summed E-state index contributed by atoms with van der Waals surface area (Å²) in [5.74, 6) is 0.499. The van der Waals surface area contributed by atoms with Gasteiger partial charge in [0.05, 0.1) is 0 Å². The van der Waals surface area contributed by atoms with E-state index in [9.17, 15) is 9.59 Å². The van der Waals surface area contributed by atoms with E-state index >= 15 is 0 Å². The van der Waals surface area contributed by atoms with Crippen LogP contribution in [0.3, 0.4) is 0 Å². The van der Waals surface area contributed by atoms with Crippen LogP contribution in [0.15, 0.2) is 24.3 Å². The topological polar surface area (TPSA) is 72.8 Å². The van der Waals surface area contributed by atoms with Crippen molar-refractivity contribution in [3.63, 3.8) is 0 Å². The molecule has 5 nitrogen and oxygen atoms in total. The smallest absolute Gasteiger partial charge is 0.449 e. The van der Waals surface area contributed by atoms with E-state index in [0.29, 0.717) is 5.75 Å². The van der Waals surface area contributed by atoms with Gasteiger partial charge in [-0.1, -0.05) is 0 Å². The number of carboxylic acid groups (broad SMARTS) is 1. The van der Waals surface area contributed by atoms with Gasteiger partial charge in [0.2, 0.25) is 0 Å². The first-order chi connectivity index (χ1) is 6.22. The van der Waals surface area contributed by atoms with Gasteiger partial charge in [-0.2, -0.15) is 0 Å². The van der Waals surface area contributed by atoms with Crippen molar-refractivity contribution in [1.82, 2.24) is 0 Å². The molecule has 0 fully saturated rings. The third-order valence-electron chi connectivity index (χ3n) is 1.21. The lowest BCUT2D eigenvalue weighted by Crippen LogP contribution is -2.02. The van der Waals surface area contributed by atoms with Gasteiger partial charge in [-0.25, -0.2) is 4.79 Å². The molecule has 0 bridgehead atoms. The predicted molar refractivity (Wildman–Crippen MR) is 41.8 cm³/mol. The molecule has 0 radical (unpaired) electrons. The van der Waals surface area contributed by atoms with Crippen LogP contribution in [0.1, 0.15) is 0 Å². The number of carbonyl (C=O) groups is 2. The van der Waals surface area contributed by atoms with Crippen molar-refractivity contribution in [3.05, 3.63) is 24.3 Å². The molecule has 68 valence electrons. The molecular formula is C8H6O5. The van der Waals surface area contributed by atoms with E-state index in [-0.39, 0.29) is 12.2 Å². The molecule has 0 atom stereocenters. The minimum atomic E-state index is -1.39. The van der Waals surface area contributed by atoms with E-state index in [4.69, 9.17) is 5.11 Å². The normalized spacial score (nSPS) is 8.92. The van der Waals surface area contributed by atoms with Crippen LogP contribution in [0.25, 0.3) is 0 Å². The first-order valence-corrected chi connectivity index (χ1v) is 3.33. The summed E-state index contributed by atoms with van der Waals surface area (Å²) in [5, 5.41) is 8.23. The Balaban J connectivity index is 2.69. The lowest BCUT2D eigenvalue weighted by Gasteiger charge is -2.00. The SMILES string of the molecule is O=COc1ccc(OC(=O)O)cc1. The molecule has 1 rings (SSSR count). The van der Waals surface area contributed by atoms with E-state index in [1.807, 2.05) is 0 Å². The number of benzene rings is 1. The summed E-state index contributed by atoms with van der Waals surface area (Å²) in [6.45, 7) is 0.285. The summed E-state index contributed by atoms with van der Waals surface area (Å²) in [6, 6.07) is 5.61. The molecule has 0 heterocycles. The quantitative estimate of drug-likeness (QED) is 0.433. The fraction of sp³-hybridized carbons (Fsp3) is 0. The summed E-state index contributed by atoms with van der Waals surface area (Å²) in [5.41, 5.74) is 0. The molecule has 0 aliphatic heterocycles. The van der Waals surface area contributed by atoms with Crippen LogP contribution in [-0.2, 0) is 4.79 Å². The Morgan fingerprint density at radius 3 is 2.23 bits per heavy atom. The second kappa shape index (κ2) is 4.10. The molecule has 1 aromatic carbocycles. The zero-order valence-electron chi connectivity index (χ0n) is 6.47. The van der Waals surface area contributed by atoms with Crippen LogP contribution in [0.5, 0.6) is 11.5 Å². The van der Waals surface area contributed by atoms with Crippen LogP contribution in [-0.4, -0.2) is 17.7 Å². The zero-order valence-corrected chi connectivity index (χ0v) is 6.47. The van der Waals surface area contributed by atoms with Crippen LogP contribution in [0.4, 0.5) is 4.79 Å². The van der Waals surface area contributed by atoms with Gasteiger partial charge in [0, 0.05) is 0 Å². The first-order valence-electron chi connectivity index (χ1n) is 3.33. The molecule has 0 aliphatic carbocycles. The fourth-order valence-electron chi connectivity index (χ4n) is 0.743. The highest BCUT2D eigenvalue weighted by Crippen LogP contribution is 2.16. The van der Waals surface area contributed by atoms with Crippen LogP contribution < -0.4 is 9.47 Å². The minimum Gasteiger partial charge on any atom is -0.449 e. The number of hydrogen-bond donors (Lipinski definition) is 1. The van der Waals surface area contributed by atoms with E-state index < -0.39 is 6.16 Å². The lowest BCUT2D eigenvalue weighted by molar-refractivity contribution is -0.120. The number of carbonyl (C=O) groups excluding carboxylic acids is 1. The second-order valence-electron chi connectivity index (χ2n) is 2.05. The summed E-state index contributed by atoms with van der Waals surface area (Å²) < 4.78 is 8.80. The number of rotatable bonds is 3. The highest BCUT2D eigenvalue weighted by Gasteiger charge is 2.00. The molecule has 0 unspecified atom stereocenters. The molecule has 0 spiro atoms. The van der Waals surface area contributed by atoms with E-state index in [2.05, 4.69) is 9.47 Å². The molecule has 13 heavy (non-hydrogen) atoms. The Hall–Kier alpha value is -2.04. The van der Waals surface area contributed by atoms with Gasteiger partial charge in [0.25, 0.3) is 6.47 Å². The Kier molecular flexibility index (Phi) is 2.86. The summed E-state index contributed by atoms with van der Waals surface area (Å²) in [4.78, 5) is 20.0. The standard InChI is InChI=1S/C8H6O5/c9-5-12-6-1-3-7(4-2-6)13-8(10)11/h1-5H,(H,10,11). The fourth-order valence-corrected chi connectivity index (χ4v) is 0.743. The number of hydrogen-bond acceptors (Lipinski definition) is 4. The second-order valence-corrected chi connectivity index (χ2v) is 2.05. The molecule has 1 aromatic rings. The van der Waals surface area contributed by atoms with Crippen molar-refractivity contribution < 1.29 is 24.2 Å². The lowest BCUT2D eigenvalue weighted by atomic mass is 10.3. The summed E-state index contributed by atoms with van der Waals surface area (Å²) in [7, 11) is 0. The maximum Gasteiger partial charge on any atom is 0.511 e. The Bertz CT molecular complexity index is 303. The molecular weight excluding hydrogens is 176 g/mol. The average Bonchev–Trinajstić information content (AvgIpc) is 2.08. The Morgan fingerprint density at radius 1 is 1.23 bits per heavy atom. The Morgan fingerprint density at radius 2 is 1.77 bits per heavy atom. The monoisotopic (exact) mass is 182 g/mol. The highest BCUT2D eigenvalue weighted by molar-refractivity contribution is 5.61. The maximum atomic E-state index is 10.1. The van der Waals surface area contributed by atoms with Gasteiger partial charge >= 0.3 is 6.16 Å². The van der Waals surface area contributed by atoms with Crippen molar-refractivity contribution in [1.29, 1.82) is 0 Å². The van der Waals surface area contributed by atoms with Crippen molar-refractivity contribution in [2.75, 3.05) is 0 Å². The van der Waals surface area contributed by atoms with E-state index in [1.165, 1.54) is 24.3 Å². The van der Waals surface area contributed by atoms with Crippen LogP contribution in [0.2, 0.25) is 0 Å². The molecule has 5 heteroatoms. The van der Waals surface area contributed by atoms with Gasteiger partial charge in [-0.15, -0.1) is 0 Å². The molecule has 0 amide bonds. The third kappa shape index (κ3) is 2.82. The number of ether oxygens (including phenoxy) is 2. The van der Waals surface area contributed by atoms with E-state index in [0.717, 1.165) is 0 Å².